The zero-order chi connectivity index (χ0) is 24.7. The molecular formula is C27H26ClNO6. The van der Waals surface area contributed by atoms with E-state index in [1.54, 1.807) is 0 Å². The minimum absolute atomic E-state index is 0.144. The second-order valence-electron chi connectivity index (χ2n) is 9.19. The van der Waals surface area contributed by atoms with E-state index in [0.717, 1.165) is 28.5 Å². The summed E-state index contributed by atoms with van der Waals surface area (Å²) in [6.07, 6.45) is 3.62. The van der Waals surface area contributed by atoms with E-state index in [0.29, 0.717) is 36.0 Å². The smallest absolute Gasteiger partial charge is 0.206 e. The van der Waals surface area contributed by atoms with Crippen molar-refractivity contribution in [2.75, 3.05) is 6.61 Å². The third-order valence-electron chi connectivity index (χ3n) is 7.35. The van der Waals surface area contributed by atoms with E-state index in [1.807, 2.05) is 22.9 Å². The van der Waals surface area contributed by atoms with Gasteiger partial charge in [0.15, 0.2) is 0 Å². The Kier molecular flexibility index (Phi) is 6.36. The molecule has 1 N–H and O–H groups in total. The molecule has 3 heterocycles. The van der Waals surface area contributed by atoms with E-state index in [1.165, 1.54) is 5.56 Å². The second-order valence-corrected chi connectivity index (χ2v) is 9.59. The molecule has 2 aromatic carbocycles. The molecule has 0 saturated carbocycles. The molecule has 7 nitrogen and oxygen atoms in total. The van der Waals surface area contributed by atoms with Crippen molar-refractivity contribution >= 4 is 41.4 Å². The Labute approximate surface area is 207 Å². The van der Waals surface area contributed by atoms with Crippen LogP contribution in [0.1, 0.15) is 29.2 Å². The highest BCUT2D eigenvalue weighted by Crippen LogP contribution is 2.52. The van der Waals surface area contributed by atoms with Crippen LogP contribution in [0, 0.1) is 17.8 Å². The number of hydrogen-bond acceptors (Lipinski definition) is 6. The van der Waals surface area contributed by atoms with Crippen LogP contribution in [0.2, 0.25) is 5.02 Å². The lowest BCUT2D eigenvalue weighted by atomic mass is 9.72. The lowest BCUT2D eigenvalue weighted by Crippen LogP contribution is -2.56. The molecule has 0 radical (unpaired) electrons. The van der Waals surface area contributed by atoms with Crippen LogP contribution in [0.15, 0.2) is 42.6 Å². The number of rotatable bonds is 7. The highest BCUT2D eigenvalue weighted by molar-refractivity contribution is 6.35. The number of ether oxygens (including phenoxy) is 2. The maximum absolute atomic E-state index is 12.3. The number of carbonyl (C=O) groups excluding carboxylic acids is 3. The Balaban J connectivity index is 1.62. The Morgan fingerprint density at radius 1 is 1.09 bits per heavy atom. The van der Waals surface area contributed by atoms with Gasteiger partial charge in [-0.15, -0.1) is 0 Å². The maximum atomic E-state index is 12.3. The summed E-state index contributed by atoms with van der Waals surface area (Å²) in [5.41, 5.74) is 4.58. The van der Waals surface area contributed by atoms with Gasteiger partial charge in [0, 0.05) is 29.6 Å². The largest absolute Gasteiger partial charge is 0.394 e. The van der Waals surface area contributed by atoms with Gasteiger partial charge in [-0.05, 0) is 35.2 Å². The minimum Gasteiger partial charge on any atom is -0.394 e. The van der Waals surface area contributed by atoms with Crippen LogP contribution in [0.3, 0.4) is 0 Å². The van der Waals surface area contributed by atoms with Gasteiger partial charge < -0.3 is 33.5 Å². The fourth-order valence-corrected chi connectivity index (χ4v) is 5.71. The van der Waals surface area contributed by atoms with Gasteiger partial charge >= 0.3 is 0 Å². The van der Waals surface area contributed by atoms with Crippen molar-refractivity contribution in [1.29, 1.82) is 0 Å². The van der Waals surface area contributed by atoms with Crippen molar-refractivity contribution in [2.45, 2.75) is 38.4 Å². The first-order valence-electron chi connectivity index (χ1n) is 11.7. The first kappa shape index (κ1) is 23.9. The number of aliphatic hydroxyl groups is 1. The van der Waals surface area contributed by atoms with Gasteiger partial charge in [-0.25, -0.2) is 0 Å². The number of benzene rings is 2. The lowest BCUT2D eigenvalue weighted by molar-refractivity contribution is -0.322. The van der Waals surface area contributed by atoms with Gasteiger partial charge in [-0.1, -0.05) is 42.8 Å². The standard InChI is InChI=1S/C27H26ClNO6/c1-2-16-3-5-17(6-4-16)9-29-10-24(28)19-7-18-15-34-27(22(18)8-25(19)29)23(13-32)20(11-30)21(12-31)26(14-33)35-27/h3-8,10-13,20-21,23,26,33H,2,9,14-15H2,1H3/t20-,21-,23-,26-,27+/m0/s1. The Bertz CT molecular complexity index is 1290. The molecule has 1 fully saturated rings. The average Bonchev–Trinajstić information content (AvgIpc) is 3.39. The fourth-order valence-electron chi connectivity index (χ4n) is 5.44. The predicted molar refractivity (Wildman–Crippen MR) is 129 cm³/mol. The van der Waals surface area contributed by atoms with Crippen molar-refractivity contribution in [3.8, 4) is 0 Å². The van der Waals surface area contributed by atoms with Crippen LogP contribution in [-0.4, -0.2) is 41.2 Å². The number of carbonyl (C=O) groups is 3. The van der Waals surface area contributed by atoms with Crippen molar-refractivity contribution in [3.63, 3.8) is 0 Å². The summed E-state index contributed by atoms with van der Waals surface area (Å²) < 4.78 is 14.3. The summed E-state index contributed by atoms with van der Waals surface area (Å²) in [5.74, 6) is -4.55. The van der Waals surface area contributed by atoms with Crippen molar-refractivity contribution < 1.29 is 29.0 Å². The fraction of sp³-hybridized carbons (Fsp3) is 0.370. The van der Waals surface area contributed by atoms with E-state index in [4.69, 9.17) is 21.1 Å². The summed E-state index contributed by atoms with van der Waals surface area (Å²) in [7, 11) is 0. The minimum atomic E-state index is -1.58. The number of hydrogen-bond donors (Lipinski definition) is 1. The molecule has 0 aliphatic carbocycles. The monoisotopic (exact) mass is 495 g/mol. The van der Waals surface area contributed by atoms with E-state index >= 15 is 0 Å². The van der Waals surface area contributed by atoms with Crippen molar-refractivity contribution in [3.05, 3.63) is 69.9 Å². The van der Waals surface area contributed by atoms with E-state index < -0.39 is 36.3 Å². The number of aldehydes is 3. The summed E-state index contributed by atoms with van der Waals surface area (Å²) in [6, 6.07) is 12.2. The lowest BCUT2D eigenvalue weighted by Gasteiger charge is -2.47. The molecule has 1 spiro atoms. The highest BCUT2D eigenvalue weighted by Gasteiger charge is 2.59. The summed E-state index contributed by atoms with van der Waals surface area (Å²) >= 11 is 6.59. The Hall–Kier alpha value is -2.84. The number of aryl methyl sites for hydroxylation is 1. The molecule has 1 saturated heterocycles. The van der Waals surface area contributed by atoms with Gasteiger partial charge in [0.05, 0.1) is 41.7 Å². The predicted octanol–water partition coefficient (Wildman–Crippen LogP) is 3.42. The first-order chi connectivity index (χ1) is 17.0. The van der Waals surface area contributed by atoms with Gasteiger partial charge in [-0.3, -0.25) is 0 Å². The average molecular weight is 496 g/mol. The second kappa shape index (κ2) is 9.32. The van der Waals surface area contributed by atoms with Crippen LogP contribution in [0.4, 0.5) is 0 Å². The zero-order valence-corrected chi connectivity index (χ0v) is 20.0. The molecule has 0 bridgehead atoms. The van der Waals surface area contributed by atoms with E-state index in [-0.39, 0.29) is 6.61 Å². The third kappa shape index (κ3) is 3.74. The molecule has 3 aromatic rings. The highest BCUT2D eigenvalue weighted by atomic mass is 35.5. The first-order valence-corrected chi connectivity index (χ1v) is 12.1. The molecule has 2 aliphatic rings. The van der Waals surface area contributed by atoms with Crippen molar-refractivity contribution in [1.82, 2.24) is 4.57 Å². The van der Waals surface area contributed by atoms with E-state index in [2.05, 4.69) is 31.2 Å². The molecule has 1 aromatic heterocycles. The molecule has 2 aliphatic heterocycles. The van der Waals surface area contributed by atoms with Crippen LogP contribution >= 0.6 is 11.6 Å². The topological polar surface area (TPSA) is 94.8 Å². The van der Waals surface area contributed by atoms with Gasteiger partial charge in [-0.2, -0.15) is 0 Å². The molecule has 0 unspecified atom stereocenters. The van der Waals surface area contributed by atoms with Crippen LogP contribution < -0.4 is 0 Å². The van der Waals surface area contributed by atoms with Gasteiger partial charge in [0.1, 0.15) is 18.9 Å². The molecule has 5 atom stereocenters. The van der Waals surface area contributed by atoms with E-state index in [9.17, 15) is 19.5 Å². The van der Waals surface area contributed by atoms with Crippen molar-refractivity contribution in [2.24, 2.45) is 17.8 Å². The molecule has 8 heteroatoms. The van der Waals surface area contributed by atoms with Crippen LogP contribution in [0.25, 0.3) is 10.9 Å². The summed E-state index contributed by atoms with van der Waals surface area (Å²) in [6.45, 7) is 2.35. The van der Waals surface area contributed by atoms with Gasteiger partial charge in [0.25, 0.3) is 0 Å². The number of aromatic nitrogens is 1. The normalized spacial score (nSPS) is 27.7. The summed E-state index contributed by atoms with van der Waals surface area (Å²) in [4.78, 5) is 36.0. The number of halogens is 1. The zero-order valence-electron chi connectivity index (χ0n) is 19.2. The number of fused-ring (bicyclic) bond motifs is 3. The summed E-state index contributed by atoms with van der Waals surface area (Å²) in [5, 5.41) is 11.3. The molecule has 35 heavy (non-hydrogen) atoms. The Morgan fingerprint density at radius 3 is 2.43 bits per heavy atom. The van der Waals surface area contributed by atoms with Gasteiger partial charge in [0.2, 0.25) is 5.79 Å². The number of nitrogens with zero attached hydrogens (tertiary/aromatic N) is 1. The van der Waals surface area contributed by atoms with Crippen LogP contribution in [-0.2, 0) is 49.2 Å². The molecular weight excluding hydrogens is 470 g/mol. The maximum Gasteiger partial charge on any atom is 0.206 e. The Morgan fingerprint density at radius 2 is 1.80 bits per heavy atom. The molecule has 0 amide bonds. The molecule has 182 valence electrons. The van der Waals surface area contributed by atoms with Crippen LogP contribution in [0.5, 0.6) is 0 Å². The third-order valence-corrected chi connectivity index (χ3v) is 7.65. The number of aliphatic hydroxyl groups excluding tert-OH is 1. The quantitative estimate of drug-likeness (QED) is 0.505. The molecule has 5 rings (SSSR count). The SMILES string of the molecule is CCc1ccc(Cn2cc(Cl)c3cc4c(cc32)[C@@]2(OC4)O[C@@H](CO)[C@@H](C=O)[C@H](C=O)[C@@H]2C=O)cc1.